The summed E-state index contributed by atoms with van der Waals surface area (Å²) in [6.45, 7) is 0. The van der Waals surface area contributed by atoms with Gasteiger partial charge in [0.1, 0.15) is 0 Å². The first-order valence-corrected chi connectivity index (χ1v) is 4.43. The van der Waals surface area contributed by atoms with Crippen LogP contribution in [-0.2, 0) is 6.42 Å². The fourth-order valence-electron chi connectivity index (χ4n) is 0.458. The lowest BCUT2D eigenvalue weighted by atomic mass is 10.4. The molecule has 4 heteroatoms. The van der Waals surface area contributed by atoms with E-state index in [9.17, 15) is 0 Å². The first-order chi connectivity index (χ1) is 3.93. The van der Waals surface area contributed by atoms with Gasteiger partial charge in [-0.2, -0.15) is 0 Å². The molecule has 0 unspecified atom stereocenters. The minimum absolute atomic E-state index is 0. The number of aryl methyl sites for hydroxylation is 1. The van der Waals surface area contributed by atoms with E-state index >= 15 is 0 Å². The van der Waals surface area contributed by atoms with Crippen LogP contribution in [0.15, 0.2) is 10.9 Å². The third kappa shape index (κ3) is 3.33. The van der Waals surface area contributed by atoms with Crippen molar-refractivity contribution in [3.05, 3.63) is 16.6 Å². The molecule has 0 bridgehead atoms. The fourth-order valence-corrected chi connectivity index (χ4v) is 1.46. The zero-order valence-electron chi connectivity index (χ0n) is 4.71. The maximum atomic E-state index is 4.09. The van der Waals surface area contributed by atoms with Crippen LogP contribution in [0.2, 0.25) is 0 Å². The number of halogens is 2. The second kappa shape index (κ2) is 5.38. The highest BCUT2D eigenvalue weighted by Gasteiger charge is 1.89. The van der Waals surface area contributed by atoms with E-state index in [1.807, 2.05) is 5.51 Å². The molecule has 1 nitrogen and oxygen atoms in total. The molecule has 0 aromatic carbocycles. The monoisotopic (exact) mass is 271 g/mol. The van der Waals surface area contributed by atoms with E-state index in [0.717, 1.165) is 11.8 Å². The highest BCUT2D eigenvalue weighted by Crippen LogP contribution is 2.02. The molecule has 0 spiro atoms. The largest absolute Gasteiger partial charge is 0.250 e. The first-order valence-electron chi connectivity index (χ1n) is 2.36. The predicted molar refractivity (Wildman–Crippen MR) is 49.9 cm³/mol. The van der Waals surface area contributed by atoms with Crippen molar-refractivity contribution in [2.45, 2.75) is 6.42 Å². The minimum Gasteiger partial charge on any atom is -0.250 e. The van der Waals surface area contributed by atoms with E-state index in [4.69, 9.17) is 0 Å². The Morgan fingerprint density at radius 1 is 1.67 bits per heavy atom. The van der Waals surface area contributed by atoms with Crippen LogP contribution in [0.4, 0.5) is 0 Å². The van der Waals surface area contributed by atoms with E-state index < -0.39 is 0 Å². The maximum Gasteiger partial charge on any atom is 0.0794 e. The van der Waals surface area contributed by atoms with Crippen LogP contribution in [0.1, 0.15) is 5.69 Å². The Labute approximate surface area is 77.4 Å². The van der Waals surface area contributed by atoms with Gasteiger partial charge >= 0.3 is 0 Å². The van der Waals surface area contributed by atoms with Gasteiger partial charge in [0, 0.05) is 17.1 Å². The Kier molecular flexibility index (Phi) is 5.73. The van der Waals surface area contributed by atoms with E-state index in [1.165, 1.54) is 5.69 Å². The summed E-state index contributed by atoms with van der Waals surface area (Å²) in [6, 6.07) is 0. The number of alkyl halides is 1. The van der Waals surface area contributed by atoms with E-state index in [0.29, 0.717) is 0 Å². The minimum atomic E-state index is 0. The van der Waals surface area contributed by atoms with Crippen LogP contribution >= 0.6 is 44.2 Å². The predicted octanol–water partition coefficient (Wildman–Crippen LogP) is 2.66. The lowest BCUT2D eigenvalue weighted by Crippen LogP contribution is -1.82. The van der Waals surface area contributed by atoms with Crippen LogP contribution in [0.5, 0.6) is 0 Å². The van der Waals surface area contributed by atoms with Gasteiger partial charge in [-0.1, -0.05) is 15.9 Å². The molecule has 0 saturated heterocycles. The van der Waals surface area contributed by atoms with Crippen molar-refractivity contribution in [3.63, 3.8) is 0 Å². The molecule has 0 aliphatic carbocycles. The molecule has 0 N–H and O–H groups in total. The van der Waals surface area contributed by atoms with Gasteiger partial charge in [0.05, 0.1) is 11.2 Å². The van der Waals surface area contributed by atoms with Crippen molar-refractivity contribution in [1.82, 2.24) is 4.98 Å². The van der Waals surface area contributed by atoms with Crippen molar-refractivity contribution < 1.29 is 0 Å². The summed E-state index contributed by atoms with van der Waals surface area (Å²) in [7, 11) is 0. The van der Waals surface area contributed by atoms with Gasteiger partial charge in [-0.15, -0.1) is 28.3 Å². The van der Waals surface area contributed by atoms with Crippen molar-refractivity contribution in [3.8, 4) is 0 Å². The van der Waals surface area contributed by atoms with Crippen LogP contribution < -0.4 is 0 Å². The number of hydrogen-bond acceptors (Lipinski definition) is 2. The van der Waals surface area contributed by atoms with E-state index in [2.05, 4.69) is 26.3 Å². The lowest BCUT2D eigenvalue weighted by molar-refractivity contribution is 1.08. The van der Waals surface area contributed by atoms with Crippen molar-refractivity contribution in [2.75, 3.05) is 5.33 Å². The van der Waals surface area contributed by atoms with Gasteiger partial charge in [-0.25, -0.2) is 4.98 Å². The molecule has 52 valence electrons. The Morgan fingerprint density at radius 3 is 2.89 bits per heavy atom. The number of hydrogen-bond donors (Lipinski definition) is 0. The molecule has 0 fully saturated rings. The molecule has 1 rings (SSSR count). The van der Waals surface area contributed by atoms with E-state index in [-0.39, 0.29) is 17.0 Å². The molecule has 0 aliphatic heterocycles. The second-order valence-corrected chi connectivity index (χ2v) is 2.93. The molecule has 1 aromatic rings. The van der Waals surface area contributed by atoms with Crippen LogP contribution in [0.25, 0.3) is 0 Å². The Hall–Kier alpha value is 0.590. The van der Waals surface area contributed by atoms with Gasteiger partial charge in [0.25, 0.3) is 0 Å². The Bertz CT molecular complexity index is 141. The van der Waals surface area contributed by atoms with Gasteiger partial charge in [0.15, 0.2) is 0 Å². The van der Waals surface area contributed by atoms with Gasteiger partial charge in [0.2, 0.25) is 0 Å². The van der Waals surface area contributed by atoms with E-state index in [1.54, 1.807) is 11.3 Å². The fraction of sp³-hybridized carbons (Fsp3) is 0.400. The van der Waals surface area contributed by atoms with Gasteiger partial charge in [-0.3, -0.25) is 0 Å². The van der Waals surface area contributed by atoms with Crippen molar-refractivity contribution in [1.29, 1.82) is 0 Å². The zero-order valence-corrected chi connectivity index (χ0v) is 8.83. The molecule has 1 aromatic heterocycles. The quantitative estimate of drug-likeness (QED) is 0.755. The third-order valence-corrected chi connectivity index (χ3v) is 1.87. The summed E-state index contributed by atoms with van der Waals surface area (Å²) in [5, 5.41) is 3.08. The van der Waals surface area contributed by atoms with Crippen LogP contribution in [-0.4, -0.2) is 10.3 Å². The molecule has 0 aliphatic rings. The molecule has 0 radical (unpaired) electrons. The molecule has 0 saturated carbocycles. The van der Waals surface area contributed by atoms with Crippen molar-refractivity contribution >= 4 is 44.2 Å². The maximum absolute atomic E-state index is 4.09. The van der Waals surface area contributed by atoms with Crippen molar-refractivity contribution in [2.24, 2.45) is 0 Å². The third-order valence-electron chi connectivity index (χ3n) is 0.834. The summed E-state index contributed by atoms with van der Waals surface area (Å²) in [6.07, 6.45) is 1.05. The van der Waals surface area contributed by atoms with Gasteiger partial charge < -0.3 is 0 Å². The van der Waals surface area contributed by atoms with Gasteiger partial charge in [-0.05, 0) is 0 Å². The number of nitrogens with zero attached hydrogens (tertiary/aromatic N) is 1. The standard InChI is InChI=1S/C5H6BrNS.BrH/c6-2-1-5-3-8-4-7-5;/h3-4H,1-2H2;1H. The first kappa shape index (κ1) is 9.59. The number of aromatic nitrogens is 1. The molecule has 1 heterocycles. The summed E-state index contributed by atoms with van der Waals surface area (Å²) in [5.74, 6) is 0. The molecule has 0 atom stereocenters. The number of thiazole rings is 1. The smallest absolute Gasteiger partial charge is 0.0794 e. The van der Waals surface area contributed by atoms with Crippen LogP contribution in [0, 0.1) is 0 Å². The summed E-state index contributed by atoms with van der Waals surface area (Å²) in [4.78, 5) is 4.09. The highest BCUT2D eigenvalue weighted by atomic mass is 79.9. The molecule has 9 heavy (non-hydrogen) atoms. The number of rotatable bonds is 2. The summed E-state index contributed by atoms with van der Waals surface area (Å²) in [5.41, 5.74) is 3.05. The molecule has 0 amide bonds. The normalized spacial score (nSPS) is 8.56. The lowest BCUT2D eigenvalue weighted by Gasteiger charge is -1.83. The molecular formula is C5H7Br2NS. The SMILES string of the molecule is Br.BrCCc1cscn1. The zero-order chi connectivity index (χ0) is 5.82. The summed E-state index contributed by atoms with van der Waals surface area (Å²) < 4.78 is 0. The molecular weight excluding hydrogens is 266 g/mol. The average molecular weight is 273 g/mol. The topological polar surface area (TPSA) is 12.9 Å². The second-order valence-electron chi connectivity index (χ2n) is 1.42. The average Bonchev–Trinajstić information content (AvgIpc) is 2.19. The Morgan fingerprint density at radius 2 is 2.44 bits per heavy atom. The van der Waals surface area contributed by atoms with Crippen LogP contribution in [0.3, 0.4) is 0 Å². The Balaban J connectivity index is 0.000000640. The summed E-state index contributed by atoms with van der Waals surface area (Å²) >= 11 is 4.98. The highest BCUT2D eigenvalue weighted by molar-refractivity contribution is 9.09.